The molecule has 2 N–H and O–H groups in total. The van der Waals surface area contributed by atoms with Gasteiger partial charge in [-0.2, -0.15) is 0 Å². The number of ether oxygens (including phenoxy) is 7. The first-order chi connectivity index (χ1) is 23.0. The van der Waals surface area contributed by atoms with Gasteiger partial charge < -0.3 is 43.4 Å². The highest BCUT2D eigenvalue weighted by Gasteiger charge is 2.91. The largest absolute Gasteiger partial charge is 0.462 e. The molecule has 6 fully saturated rings. The summed E-state index contributed by atoms with van der Waals surface area (Å²) in [4.78, 5) is 28.9. The van der Waals surface area contributed by atoms with Crippen molar-refractivity contribution in [3.63, 3.8) is 0 Å². The first-order valence-electron chi connectivity index (χ1n) is 17.3. The van der Waals surface area contributed by atoms with Gasteiger partial charge in [0.15, 0.2) is 0 Å². The third-order valence-corrected chi connectivity index (χ3v) is 13.5. The molecule has 1 spiro atoms. The standard InChI is InChI=1S/C36H51NO11/c1-8-37-17-33(18-42-4)22(47-19(3)38)15-23(43-5)35-21-16-34(41)30(48-32(40)20-13-11-10-12-14-20)24(21)36(46-9-2,29(39)31(34)45-7)25(28(35)37)26(44-6)27(33)35/h10-14,21-31,39,41H,8-9,15-18H2,1-7H3/t21-,22-,23?,24-,25+,26+,27-,28-,29+,30-,31+,33+,34-,35?,36-/m1/s1. The van der Waals surface area contributed by atoms with E-state index in [0.717, 1.165) is 0 Å². The van der Waals surface area contributed by atoms with Gasteiger partial charge in [0.25, 0.3) is 0 Å². The number of benzene rings is 1. The highest BCUT2D eigenvalue weighted by atomic mass is 16.6. The number of aliphatic hydroxyl groups excluding tert-OH is 1. The lowest BCUT2D eigenvalue weighted by Gasteiger charge is -2.70. The molecule has 12 heteroatoms. The number of piperidine rings is 1. The number of carbonyl (C=O) groups is 2. The summed E-state index contributed by atoms with van der Waals surface area (Å²) >= 11 is 0. The van der Waals surface area contributed by atoms with Gasteiger partial charge in [0.05, 0.1) is 24.4 Å². The third kappa shape index (κ3) is 4.00. The first-order valence-corrected chi connectivity index (χ1v) is 17.3. The smallest absolute Gasteiger partial charge is 0.338 e. The molecule has 1 aromatic rings. The predicted octanol–water partition coefficient (Wildman–Crippen LogP) is 1.69. The van der Waals surface area contributed by atoms with E-state index in [1.165, 1.54) is 14.0 Å². The van der Waals surface area contributed by atoms with Crippen LogP contribution in [0.5, 0.6) is 0 Å². The minimum Gasteiger partial charge on any atom is -0.462 e. The maximum Gasteiger partial charge on any atom is 0.338 e. The molecule has 6 aliphatic rings. The zero-order valence-electron chi connectivity index (χ0n) is 29.0. The van der Waals surface area contributed by atoms with E-state index in [9.17, 15) is 19.8 Å². The average Bonchev–Trinajstić information content (AvgIpc) is 3.44. The second-order valence-corrected chi connectivity index (χ2v) is 14.8. The van der Waals surface area contributed by atoms with Gasteiger partial charge in [0.1, 0.15) is 35.6 Å². The number of likely N-dealkylation sites (tertiary alicyclic amines) is 1. The molecule has 12 nitrogen and oxygen atoms in total. The Morgan fingerprint density at radius 1 is 0.958 bits per heavy atom. The molecule has 0 aromatic heterocycles. The van der Waals surface area contributed by atoms with Crippen LogP contribution in [0.1, 0.15) is 44.0 Å². The SMILES string of the molecule is CCO[C@@]12[C@@H]3[C@@H](C[C@@](O)([C@@H]3OC(=O)c3ccccc3)[C@@H](OC)[C@@H]1O)C13C(OC)C[C@@H](OC(C)=O)[C@@]4(COC)CN(CC)[C@@H]1[C@@H]2[C@H](OC)[C@@H]34. The van der Waals surface area contributed by atoms with Crippen LogP contribution in [-0.2, 0) is 38.0 Å². The number of hydrogen-bond donors (Lipinski definition) is 2. The lowest BCUT2D eigenvalue weighted by atomic mass is 9.42. The van der Waals surface area contributed by atoms with Crippen LogP contribution in [0.15, 0.2) is 30.3 Å². The topological polar surface area (TPSA) is 142 Å². The number of fused-ring (bicyclic) bond motifs is 2. The molecule has 1 aromatic carbocycles. The van der Waals surface area contributed by atoms with Gasteiger partial charge in [-0.05, 0) is 37.9 Å². The first kappa shape index (κ1) is 34.3. The Labute approximate surface area is 282 Å². The number of esters is 2. The number of carbonyl (C=O) groups excluding carboxylic acids is 2. The molecule has 7 rings (SSSR count). The van der Waals surface area contributed by atoms with E-state index in [0.29, 0.717) is 31.7 Å². The Balaban J connectivity index is 1.51. The molecular weight excluding hydrogens is 622 g/mol. The van der Waals surface area contributed by atoms with Crippen LogP contribution in [0.2, 0.25) is 0 Å². The molecule has 0 radical (unpaired) electrons. The lowest BCUT2D eigenvalue weighted by molar-refractivity contribution is -0.330. The summed E-state index contributed by atoms with van der Waals surface area (Å²) in [5, 5.41) is 25.5. The van der Waals surface area contributed by atoms with Crippen molar-refractivity contribution in [2.24, 2.45) is 34.5 Å². The summed E-state index contributed by atoms with van der Waals surface area (Å²) in [6.45, 7) is 7.20. The van der Waals surface area contributed by atoms with Crippen LogP contribution < -0.4 is 0 Å². The molecule has 266 valence electrons. The summed E-state index contributed by atoms with van der Waals surface area (Å²) in [5.74, 6) is -2.72. The molecule has 0 amide bonds. The summed E-state index contributed by atoms with van der Waals surface area (Å²) in [6.07, 6.45) is -4.37. The molecule has 15 atom stereocenters. The van der Waals surface area contributed by atoms with Crippen LogP contribution in [0, 0.1) is 34.5 Å². The van der Waals surface area contributed by atoms with E-state index in [-0.39, 0.29) is 36.9 Å². The summed E-state index contributed by atoms with van der Waals surface area (Å²) in [7, 11) is 6.51. The third-order valence-electron chi connectivity index (χ3n) is 13.5. The number of aliphatic hydroxyl groups is 2. The minimum absolute atomic E-state index is 0.170. The number of hydrogen-bond acceptors (Lipinski definition) is 12. The Morgan fingerprint density at radius 3 is 2.27 bits per heavy atom. The van der Waals surface area contributed by atoms with E-state index < -0.39 is 76.5 Å². The molecule has 2 unspecified atom stereocenters. The van der Waals surface area contributed by atoms with Crippen molar-refractivity contribution in [2.45, 2.75) is 87.5 Å². The lowest BCUT2D eigenvalue weighted by Crippen LogP contribution is -2.81. The van der Waals surface area contributed by atoms with Crippen molar-refractivity contribution >= 4 is 11.9 Å². The summed E-state index contributed by atoms with van der Waals surface area (Å²) in [6, 6.07) is 8.51. The van der Waals surface area contributed by atoms with Gasteiger partial charge in [-0.3, -0.25) is 9.69 Å². The van der Waals surface area contributed by atoms with Crippen LogP contribution in [0.4, 0.5) is 0 Å². The zero-order chi connectivity index (χ0) is 34.4. The molecule has 1 saturated heterocycles. The number of rotatable bonds is 11. The van der Waals surface area contributed by atoms with Crippen LogP contribution in [-0.4, -0.2) is 136 Å². The maximum atomic E-state index is 13.8. The second kappa shape index (κ2) is 12.0. The highest BCUT2D eigenvalue weighted by molar-refractivity contribution is 5.89. The van der Waals surface area contributed by atoms with Gasteiger partial charge >= 0.3 is 11.9 Å². The van der Waals surface area contributed by atoms with E-state index in [4.69, 9.17) is 33.2 Å². The molecular formula is C36H51NO11. The molecule has 1 aliphatic heterocycles. The van der Waals surface area contributed by atoms with Gasteiger partial charge in [0, 0.05) is 89.6 Å². The molecule has 48 heavy (non-hydrogen) atoms. The highest BCUT2D eigenvalue weighted by Crippen LogP contribution is 2.80. The van der Waals surface area contributed by atoms with Crippen molar-refractivity contribution in [1.29, 1.82) is 0 Å². The molecule has 5 saturated carbocycles. The van der Waals surface area contributed by atoms with Gasteiger partial charge in [-0.15, -0.1) is 0 Å². The van der Waals surface area contributed by atoms with E-state index >= 15 is 0 Å². The Morgan fingerprint density at radius 2 is 1.69 bits per heavy atom. The normalized spacial score (nSPS) is 48.3. The quantitative estimate of drug-likeness (QED) is 0.330. The Kier molecular flexibility index (Phi) is 8.55. The second-order valence-electron chi connectivity index (χ2n) is 14.8. The summed E-state index contributed by atoms with van der Waals surface area (Å²) < 4.78 is 44.7. The monoisotopic (exact) mass is 673 g/mol. The molecule has 5 aliphatic carbocycles. The Hall–Kier alpha value is -2.16. The maximum absolute atomic E-state index is 13.8. The number of nitrogens with zero attached hydrogens (tertiary/aromatic N) is 1. The minimum atomic E-state index is -1.74. The fourth-order valence-corrected chi connectivity index (χ4v) is 12.7. The van der Waals surface area contributed by atoms with Crippen LogP contribution in [0.3, 0.4) is 0 Å². The fourth-order valence-electron chi connectivity index (χ4n) is 12.7. The average molecular weight is 674 g/mol. The summed E-state index contributed by atoms with van der Waals surface area (Å²) in [5.41, 5.74) is -4.14. The molecule has 1 heterocycles. The van der Waals surface area contributed by atoms with Crippen molar-refractivity contribution in [1.82, 2.24) is 4.90 Å². The van der Waals surface area contributed by atoms with Gasteiger partial charge in [-0.1, -0.05) is 25.1 Å². The Bertz CT molecular complexity index is 1400. The molecule has 7 bridgehead atoms. The fraction of sp³-hybridized carbons (Fsp3) is 0.778. The van der Waals surface area contributed by atoms with Gasteiger partial charge in [-0.25, -0.2) is 4.79 Å². The van der Waals surface area contributed by atoms with Crippen molar-refractivity contribution < 1.29 is 53.0 Å². The predicted molar refractivity (Wildman–Crippen MR) is 170 cm³/mol. The van der Waals surface area contributed by atoms with E-state index in [1.54, 1.807) is 45.6 Å². The van der Waals surface area contributed by atoms with Crippen molar-refractivity contribution in [3.05, 3.63) is 35.9 Å². The van der Waals surface area contributed by atoms with E-state index in [2.05, 4.69) is 11.8 Å². The zero-order valence-corrected chi connectivity index (χ0v) is 29.0. The number of methoxy groups -OCH3 is 4. The van der Waals surface area contributed by atoms with Crippen LogP contribution in [0.25, 0.3) is 0 Å². The van der Waals surface area contributed by atoms with Crippen LogP contribution >= 0.6 is 0 Å². The van der Waals surface area contributed by atoms with Crippen molar-refractivity contribution in [2.75, 3.05) is 54.7 Å². The van der Waals surface area contributed by atoms with Gasteiger partial charge in [0.2, 0.25) is 0 Å². The van der Waals surface area contributed by atoms with Crippen molar-refractivity contribution in [3.8, 4) is 0 Å². The van der Waals surface area contributed by atoms with E-state index in [1.807, 2.05) is 13.0 Å².